The number of aromatic nitrogens is 2. The third-order valence-electron chi connectivity index (χ3n) is 4.51. The first-order valence-corrected chi connectivity index (χ1v) is 9.65. The maximum absolute atomic E-state index is 12.3. The van der Waals surface area contributed by atoms with Crippen LogP contribution in [0.25, 0.3) is 0 Å². The van der Waals surface area contributed by atoms with Gasteiger partial charge in [0.1, 0.15) is 11.9 Å². The van der Waals surface area contributed by atoms with Crippen molar-refractivity contribution in [2.45, 2.75) is 51.2 Å². The number of benzene rings is 1. The van der Waals surface area contributed by atoms with Crippen molar-refractivity contribution in [3.05, 3.63) is 47.2 Å². The average Bonchev–Trinajstić information content (AvgIpc) is 2.67. The van der Waals surface area contributed by atoms with Gasteiger partial charge in [0, 0.05) is 6.04 Å². The predicted octanol–water partition coefficient (Wildman–Crippen LogP) is 3.58. The molecule has 3 rings (SSSR count). The van der Waals surface area contributed by atoms with E-state index in [1.165, 1.54) is 12.4 Å². The molecule has 0 atom stereocenters. The molecule has 1 fully saturated rings. The van der Waals surface area contributed by atoms with Crippen LogP contribution in [0.2, 0.25) is 5.02 Å². The van der Waals surface area contributed by atoms with Gasteiger partial charge in [-0.3, -0.25) is 4.79 Å². The zero-order valence-electron chi connectivity index (χ0n) is 15.4. The summed E-state index contributed by atoms with van der Waals surface area (Å²) in [6, 6.07) is 8.19. The van der Waals surface area contributed by atoms with Crippen molar-refractivity contribution in [3.8, 4) is 11.8 Å². The highest BCUT2D eigenvalue weighted by molar-refractivity contribution is 6.30. The first-order chi connectivity index (χ1) is 13.1. The molecule has 1 heterocycles. The summed E-state index contributed by atoms with van der Waals surface area (Å²) >= 11 is 5.77. The summed E-state index contributed by atoms with van der Waals surface area (Å²) in [4.78, 5) is 20.4. The van der Waals surface area contributed by atoms with Gasteiger partial charge in [0.2, 0.25) is 5.91 Å². The van der Waals surface area contributed by atoms with E-state index < -0.39 is 0 Å². The lowest BCUT2D eigenvalue weighted by Gasteiger charge is -2.28. The molecule has 144 valence electrons. The second-order valence-electron chi connectivity index (χ2n) is 6.60. The molecule has 1 aromatic heterocycles. The molecular weight excluding hydrogens is 366 g/mol. The standard InChI is InChI=1S/C20H24ClN3O3/c1-2-26-17-7-3-14(4-8-17)11-19(25)24-16-5-9-18(10-6-16)27-20-22-12-15(21)13-23-20/h3-4,7-8,12-13,16,18H,2,5-6,9-11H2,1H3,(H,24,25). The van der Waals surface area contributed by atoms with Crippen LogP contribution in [0.3, 0.4) is 0 Å². The minimum atomic E-state index is 0.0459. The van der Waals surface area contributed by atoms with Gasteiger partial charge >= 0.3 is 6.01 Å². The van der Waals surface area contributed by atoms with Gasteiger partial charge in [0.15, 0.2) is 0 Å². The van der Waals surface area contributed by atoms with Crippen molar-refractivity contribution in [1.82, 2.24) is 15.3 Å². The molecule has 0 bridgehead atoms. The van der Waals surface area contributed by atoms with E-state index in [9.17, 15) is 4.79 Å². The zero-order valence-corrected chi connectivity index (χ0v) is 16.1. The molecule has 1 N–H and O–H groups in total. The minimum Gasteiger partial charge on any atom is -0.494 e. The molecule has 1 aromatic carbocycles. The molecule has 1 aliphatic rings. The van der Waals surface area contributed by atoms with Crippen molar-refractivity contribution < 1.29 is 14.3 Å². The van der Waals surface area contributed by atoms with Gasteiger partial charge in [-0.2, -0.15) is 0 Å². The fourth-order valence-corrected chi connectivity index (χ4v) is 3.27. The molecule has 1 amide bonds. The molecule has 0 unspecified atom stereocenters. The number of ether oxygens (including phenoxy) is 2. The van der Waals surface area contributed by atoms with Gasteiger partial charge in [-0.05, 0) is 50.3 Å². The van der Waals surface area contributed by atoms with E-state index in [1.807, 2.05) is 31.2 Å². The largest absolute Gasteiger partial charge is 0.494 e. The third-order valence-corrected chi connectivity index (χ3v) is 4.70. The minimum absolute atomic E-state index is 0.0459. The van der Waals surface area contributed by atoms with Crippen LogP contribution in [0.5, 0.6) is 11.8 Å². The maximum Gasteiger partial charge on any atom is 0.316 e. The summed E-state index contributed by atoms with van der Waals surface area (Å²) in [6.07, 6.45) is 6.99. The van der Waals surface area contributed by atoms with Gasteiger partial charge in [-0.25, -0.2) is 9.97 Å². The quantitative estimate of drug-likeness (QED) is 0.783. The van der Waals surface area contributed by atoms with E-state index in [1.54, 1.807) is 0 Å². The Hall–Kier alpha value is -2.34. The van der Waals surface area contributed by atoms with Crippen LogP contribution >= 0.6 is 11.6 Å². The molecular formula is C20H24ClN3O3. The molecule has 1 saturated carbocycles. The van der Waals surface area contributed by atoms with Crippen LogP contribution < -0.4 is 14.8 Å². The Balaban J connectivity index is 1.40. The summed E-state index contributed by atoms with van der Waals surface area (Å²) < 4.78 is 11.2. The molecule has 27 heavy (non-hydrogen) atoms. The van der Waals surface area contributed by atoms with Crippen LogP contribution in [-0.2, 0) is 11.2 Å². The van der Waals surface area contributed by atoms with Gasteiger partial charge in [0.05, 0.1) is 30.4 Å². The molecule has 0 aliphatic heterocycles. The summed E-state index contributed by atoms with van der Waals surface area (Å²) in [6.45, 7) is 2.58. The van der Waals surface area contributed by atoms with Crippen molar-refractivity contribution >= 4 is 17.5 Å². The number of carbonyl (C=O) groups is 1. The molecule has 7 heteroatoms. The fourth-order valence-electron chi connectivity index (χ4n) is 3.17. The number of rotatable bonds is 7. The smallest absolute Gasteiger partial charge is 0.316 e. The Labute approximate surface area is 164 Å². The molecule has 0 radical (unpaired) electrons. The SMILES string of the molecule is CCOc1ccc(CC(=O)NC2CCC(Oc3ncc(Cl)cn3)CC2)cc1. The van der Waals surface area contributed by atoms with Gasteiger partial charge in [0.25, 0.3) is 0 Å². The van der Waals surface area contributed by atoms with Crippen molar-refractivity contribution in [2.75, 3.05) is 6.61 Å². The second kappa shape index (κ2) is 9.55. The third kappa shape index (κ3) is 6.10. The highest BCUT2D eigenvalue weighted by Crippen LogP contribution is 2.22. The lowest BCUT2D eigenvalue weighted by Crippen LogP contribution is -2.40. The summed E-state index contributed by atoms with van der Waals surface area (Å²) in [5, 5.41) is 3.61. The number of halogens is 1. The monoisotopic (exact) mass is 389 g/mol. The Morgan fingerprint density at radius 1 is 1.15 bits per heavy atom. The number of hydrogen-bond donors (Lipinski definition) is 1. The van der Waals surface area contributed by atoms with E-state index in [-0.39, 0.29) is 18.1 Å². The molecule has 2 aromatic rings. The van der Waals surface area contributed by atoms with E-state index in [0.29, 0.717) is 24.1 Å². The lowest BCUT2D eigenvalue weighted by atomic mass is 9.93. The topological polar surface area (TPSA) is 73.3 Å². The Morgan fingerprint density at radius 3 is 2.44 bits per heavy atom. The highest BCUT2D eigenvalue weighted by atomic mass is 35.5. The number of nitrogens with one attached hydrogen (secondary N) is 1. The Bertz CT molecular complexity index is 729. The van der Waals surface area contributed by atoms with Gasteiger partial charge in [-0.1, -0.05) is 23.7 Å². The van der Waals surface area contributed by atoms with Crippen LogP contribution in [0.1, 0.15) is 38.2 Å². The van der Waals surface area contributed by atoms with E-state index in [0.717, 1.165) is 37.0 Å². The fraction of sp³-hybridized carbons (Fsp3) is 0.450. The number of amides is 1. The predicted molar refractivity (Wildman–Crippen MR) is 103 cm³/mol. The summed E-state index contributed by atoms with van der Waals surface area (Å²) in [7, 11) is 0. The Morgan fingerprint density at radius 2 is 1.81 bits per heavy atom. The van der Waals surface area contributed by atoms with Crippen molar-refractivity contribution in [2.24, 2.45) is 0 Å². The van der Waals surface area contributed by atoms with Crippen molar-refractivity contribution in [3.63, 3.8) is 0 Å². The van der Waals surface area contributed by atoms with Crippen LogP contribution in [-0.4, -0.2) is 34.6 Å². The highest BCUT2D eigenvalue weighted by Gasteiger charge is 2.24. The average molecular weight is 390 g/mol. The normalized spacial score (nSPS) is 19.3. The van der Waals surface area contributed by atoms with Crippen LogP contribution in [0.15, 0.2) is 36.7 Å². The number of carbonyl (C=O) groups excluding carboxylic acids is 1. The molecule has 1 aliphatic carbocycles. The Kier molecular flexibility index (Phi) is 6.87. The first kappa shape index (κ1) is 19.4. The molecule has 0 spiro atoms. The van der Waals surface area contributed by atoms with E-state index in [4.69, 9.17) is 21.1 Å². The first-order valence-electron chi connectivity index (χ1n) is 9.27. The zero-order chi connectivity index (χ0) is 19.1. The molecule has 0 saturated heterocycles. The van der Waals surface area contributed by atoms with Gasteiger partial charge in [-0.15, -0.1) is 0 Å². The van der Waals surface area contributed by atoms with Crippen LogP contribution in [0, 0.1) is 0 Å². The lowest BCUT2D eigenvalue weighted by molar-refractivity contribution is -0.121. The van der Waals surface area contributed by atoms with E-state index >= 15 is 0 Å². The second-order valence-corrected chi connectivity index (χ2v) is 7.03. The number of hydrogen-bond acceptors (Lipinski definition) is 5. The number of nitrogens with zero attached hydrogens (tertiary/aromatic N) is 2. The van der Waals surface area contributed by atoms with Crippen LogP contribution in [0.4, 0.5) is 0 Å². The van der Waals surface area contributed by atoms with E-state index in [2.05, 4.69) is 15.3 Å². The maximum atomic E-state index is 12.3. The van der Waals surface area contributed by atoms with Gasteiger partial charge < -0.3 is 14.8 Å². The van der Waals surface area contributed by atoms with Crippen molar-refractivity contribution in [1.29, 1.82) is 0 Å². The molecule has 6 nitrogen and oxygen atoms in total. The summed E-state index contributed by atoms with van der Waals surface area (Å²) in [5.41, 5.74) is 0.979. The summed E-state index contributed by atoms with van der Waals surface area (Å²) in [5.74, 6) is 0.870.